The number of nitrogens with zero attached hydrogens (tertiary/aromatic N) is 1. The Morgan fingerprint density at radius 3 is 2.26 bits per heavy atom. The van der Waals surface area contributed by atoms with Gasteiger partial charge in [-0.25, -0.2) is 0 Å². The molecule has 0 aliphatic carbocycles. The third-order valence-electron chi connectivity index (χ3n) is 2.75. The van der Waals surface area contributed by atoms with Gasteiger partial charge in [-0.3, -0.25) is 0 Å². The zero-order valence-electron chi connectivity index (χ0n) is 12.0. The van der Waals surface area contributed by atoms with Crippen molar-refractivity contribution in [3.05, 3.63) is 29.8 Å². The van der Waals surface area contributed by atoms with Crippen LogP contribution in [0.25, 0.3) is 0 Å². The molecule has 0 heterocycles. The molecule has 0 saturated heterocycles. The molecule has 0 saturated carbocycles. The molecule has 1 aromatic carbocycles. The Hall–Kier alpha value is -1.11. The Labute approximate surface area is 115 Å². The quantitative estimate of drug-likeness (QED) is 0.889. The SMILES string of the molecule is CC(c1ccccc1O)N(C)S(=O)(=O)NC(C)(C)C. The lowest BCUT2D eigenvalue weighted by Gasteiger charge is -2.29. The van der Waals surface area contributed by atoms with Gasteiger partial charge in [0.2, 0.25) is 0 Å². The maximum Gasteiger partial charge on any atom is 0.280 e. The van der Waals surface area contributed by atoms with Crippen molar-refractivity contribution in [3.63, 3.8) is 0 Å². The van der Waals surface area contributed by atoms with E-state index in [0.29, 0.717) is 5.56 Å². The molecule has 1 aromatic rings. The van der Waals surface area contributed by atoms with Crippen molar-refractivity contribution in [1.82, 2.24) is 9.03 Å². The van der Waals surface area contributed by atoms with Gasteiger partial charge in [0.25, 0.3) is 10.2 Å². The number of para-hydroxylation sites is 1. The van der Waals surface area contributed by atoms with E-state index in [1.165, 1.54) is 11.4 Å². The molecule has 0 aliphatic rings. The van der Waals surface area contributed by atoms with Crippen molar-refractivity contribution in [2.75, 3.05) is 7.05 Å². The molecular weight excluding hydrogens is 264 g/mol. The van der Waals surface area contributed by atoms with Gasteiger partial charge in [0.15, 0.2) is 0 Å². The lowest BCUT2D eigenvalue weighted by molar-refractivity contribution is 0.363. The Balaban J connectivity index is 3.01. The number of phenolic OH excluding ortho intramolecular Hbond substituents is 1. The van der Waals surface area contributed by atoms with Crippen molar-refractivity contribution in [2.45, 2.75) is 39.3 Å². The summed E-state index contributed by atoms with van der Waals surface area (Å²) < 4.78 is 28.2. The highest BCUT2D eigenvalue weighted by Crippen LogP contribution is 2.28. The fourth-order valence-electron chi connectivity index (χ4n) is 1.70. The number of aromatic hydroxyl groups is 1. The first-order chi connectivity index (χ1) is 8.54. The third kappa shape index (κ3) is 4.19. The monoisotopic (exact) mass is 286 g/mol. The van der Waals surface area contributed by atoms with E-state index in [1.807, 2.05) is 0 Å². The van der Waals surface area contributed by atoms with E-state index in [2.05, 4.69) is 4.72 Å². The van der Waals surface area contributed by atoms with Crippen LogP contribution in [0, 0.1) is 0 Å². The number of nitrogens with one attached hydrogen (secondary N) is 1. The predicted molar refractivity (Wildman–Crippen MR) is 76.1 cm³/mol. The van der Waals surface area contributed by atoms with Crippen molar-refractivity contribution in [2.24, 2.45) is 0 Å². The van der Waals surface area contributed by atoms with Crippen LogP contribution in [0.3, 0.4) is 0 Å². The van der Waals surface area contributed by atoms with E-state index in [1.54, 1.807) is 52.0 Å². The van der Waals surface area contributed by atoms with Gasteiger partial charge in [0, 0.05) is 18.2 Å². The van der Waals surface area contributed by atoms with Crippen LogP contribution in [0.1, 0.15) is 39.3 Å². The highest BCUT2D eigenvalue weighted by Gasteiger charge is 2.29. The van der Waals surface area contributed by atoms with Gasteiger partial charge in [-0.1, -0.05) is 18.2 Å². The van der Waals surface area contributed by atoms with Crippen LogP contribution < -0.4 is 4.72 Å². The summed E-state index contributed by atoms with van der Waals surface area (Å²) in [6.45, 7) is 7.08. The molecule has 0 fully saturated rings. The molecule has 6 heteroatoms. The van der Waals surface area contributed by atoms with Crippen LogP contribution in [0.5, 0.6) is 5.75 Å². The maximum atomic E-state index is 12.2. The maximum absolute atomic E-state index is 12.2. The minimum atomic E-state index is -3.61. The van der Waals surface area contributed by atoms with E-state index in [9.17, 15) is 13.5 Å². The van der Waals surface area contributed by atoms with Crippen molar-refractivity contribution >= 4 is 10.2 Å². The molecule has 1 rings (SSSR count). The summed E-state index contributed by atoms with van der Waals surface area (Å²) in [6.07, 6.45) is 0. The Morgan fingerprint density at radius 2 is 1.79 bits per heavy atom. The summed E-state index contributed by atoms with van der Waals surface area (Å²) in [6, 6.07) is 6.27. The first kappa shape index (κ1) is 15.9. The van der Waals surface area contributed by atoms with E-state index in [0.717, 1.165) is 0 Å². The zero-order valence-corrected chi connectivity index (χ0v) is 12.8. The first-order valence-corrected chi connectivity index (χ1v) is 7.53. The van der Waals surface area contributed by atoms with Gasteiger partial charge in [0.05, 0.1) is 6.04 Å². The minimum absolute atomic E-state index is 0.0906. The first-order valence-electron chi connectivity index (χ1n) is 6.09. The normalized spacial score (nSPS) is 14.6. The summed E-state index contributed by atoms with van der Waals surface area (Å²) in [5, 5.41) is 9.79. The van der Waals surface area contributed by atoms with Crippen LogP contribution in [-0.4, -0.2) is 30.4 Å². The molecule has 2 N–H and O–H groups in total. The molecule has 108 valence electrons. The number of hydrogen-bond acceptors (Lipinski definition) is 3. The predicted octanol–water partition coefficient (Wildman–Crippen LogP) is 2.02. The molecule has 1 unspecified atom stereocenters. The highest BCUT2D eigenvalue weighted by atomic mass is 32.2. The zero-order chi connectivity index (χ0) is 14.8. The van der Waals surface area contributed by atoms with Gasteiger partial charge < -0.3 is 5.11 Å². The van der Waals surface area contributed by atoms with Gasteiger partial charge in [-0.05, 0) is 33.8 Å². The summed E-state index contributed by atoms with van der Waals surface area (Å²) in [5.41, 5.74) is 0.0234. The molecule has 0 aromatic heterocycles. The average Bonchev–Trinajstić information content (AvgIpc) is 2.24. The van der Waals surface area contributed by atoms with Crippen LogP contribution in [0.15, 0.2) is 24.3 Å². The van der Waals surface area contributed by atoms with E-state index >= 15 is 0 Å². The summed E-state index contributed by atoms with van der Waals surface area (Å²) in [7, 11) is -2.12. The van der Waals surface area contributed by atoms with E-state index in [4.69, 9.17) is 0 Å². The van der Waals surface area contributed by atoms with Crippen LogP contribution >= 0.6 is 0 Å². The Kier molecular flexibility index (Phi) is 4.60. The van der Waals surface area contributed by atoms with Crippen molar-refractivity contribution < 1.29 is 13.5 Å². The van der Waals surface area contributed by atoms with Crippen LogP contribution in [0.2, 0.25) is 0 Å². The summed E-state index contributed by atoms with van der Waals surface area (Å²) in [4.78, 5) is 0. The van der Waals surface area contributed by atoms with Gasteiger partial charge in [-0.2, -0.15) is 17.4 Å². The van der Waals surface area contributed by atoms with Crippen molar-refractivity contribution in [3.8, 4) is 5.75 Å². The van der Waals surface area contributed by atoms with Gasteiger partial charge in [0.1, 0.15) is 5.75 Å². The highest BCUT2D eigenvalue weighted by molar-refractivity contribution is 7.87. The van der Waals surface area contributed by atoms with Crippen LogP contribution in [0.4, 0.5) is 0 Å². The molecule has 19 heavy (non-hydrogen) atoms. The van der Waals surface area contributed by atoms with Crippen LogP contribution in [-0.2, 0) is 10.2 Å². The molecule has 5 nitrogen and oxygen atoms in total. The van der Waals surface area contributed by atoms with E-state index < -0.39 is 21.8 Å². The number of phenols is 1. The second-order valence-corrected chi connectivity index (χ2v) is 7.34. The average molecular weight is 286 g/mol. The van der Waals surface area contributed by atoms with Crippen molar-refractivity contribution in [1.29, 1.82) is 0 Å². The summed E-state index contributed by atoms with van der Waals surface area (Å²) >= 11 is 0. The van der Waals surface area contributed by atoms with Gasteiger partial charge >= 0.3 is 0 Å². The number of hydrogen-bond donors (Lipinski definition) is 2. The van der Waals surface area contributed by atoms with Gasteiger partial charge in [-0.15, -0.1) is 0 Å². The molecule has 0 radical (unpaired) electrons. The summed E-state index contributed by atoms with van der Waals surface area (Å²) in [5.74, 6) is 0.0906. The smallest absolute Gasteiger partial charge is 0.280 e. The third-order valence-corrected chi connectivity index (χ3v) is 4.69. The second kappa shape index (κ2) is 5.48. The lowest BCUT2D eigenvalue weighted by atomic mass is 10.1. The van der Waals surface area contributed by atoms with E-state index in [-0.39, 0.29) is 5.75 Å². The largest absolute Gasteiger partial charge is 0.508 e. The molecule has 0 bridgehead atoms. The minimum Gasteiger partial charge on any atom is -0.508 e. The molecule has 0 aliphatic heterocycles. The molecule has 1 atom stereocenters. The number of benzene rings is 1. The number of rotatable bonds is 4. The standard InChI is InChI=1S/C13H22N2O3S/c1-10(11-8-6-7-9-12(11)16)15(5)19(17,18)14-13(2,3)4/h6-10,14,16H,1-5H3. The second-order valence-electron chi connectivity index (χ2n) is 5.61. The fourth-order valence-corrected chi connectivity index (χ4v) is 3.15. The lowest BCUT2D eigenvalue weighted by Crippen LogP contribution is -2.48. The molecular formula is C13H22N2O3S. The molecule has 0 spiro atoms. The molecule has 0 amide bonds. The Bertz CT molecular complexity index is 535. The fraction of sp³-hybridized carbons (Fsp3) is 0.538. The Morgan fingerprint density at radius 1 is 1.26 bits per heavy atom. The topological polar surface area (TPSA) is 69.6 Å².